The highest BCUT2D eigenvalue weighted by atomic mass is 16.4. The molecule has 0 bridgehead atoms. The van der Waals surface area contributed by atoms with Gasteiger partial charge in [0.25, 0.3) is 5.91 Å². The van der Waals surface area contributed by atoms with E-state index in [1.54, 1.807) is 4.90 Å². The fourth-order valence-electron chi connectivity index (χ4n) is 3.66. The molecular weight excluding hydrogens is 382 g/mol. The van der Waals surface area contributed by atoms with E-state index in [1.165, 1.54) is 64.2 Å². The number of rotatable bonds is 21. The van der Waals surface area contributed by atoms with Crippen LogP contribution in [0.2, 0.25) is 0 Å². The molecule has 0 rings (SSSR count). The third-order valence-corrected chi connectivity index (χ3v) is 5.68. The van der Waals surface area contributed by atoms with Gasteiger partial charge in [0.15, 0.2) is 12.2 Å². The fourth-order valence-corrected chi connectivity index (χ4v) is 3.66. The molecule has 3 N–H and O–H groups in total. The van der Waals surface area contributed by atoms with Crippen molar-refractivity contribution in [3.63, 3.8) is 0 Å². The summed E-state index contributed by atoms with van der Waals surface area (Å²) in [6.07, 6.45) is 14.5. The Bertz CT molecular complexity index is 410. The van der Waals surface area contributed by atoms with Crippen molar-refractivity contribution in [2.75, 3.05) is 13.1 Å². The van der Waals surface area contributed by atoms with Gasteiger partial charge < -0.3 is 20.2 Å². The van der Waals surface area contributed by atoms with Crippen molar-refractivity contribution in [2.24, 2.45) is 0 Å². The molecule has 1 amide bonds. The molecule has 2 unspecified atom stereocenters. The second-order valence-corrected chi connectivity index (χ2v) is 8.50. The van der Waals surface area contributed by atoms with Gasteiger partial charge in [-0.15, -0.1) is 0 Å². The summed E-state index contributed by atoms with van der Waals surface area (Å²) in [5, 5.41) is 28.4. The lowest BCUT2D eigenvalue weighted by atomic mass is 10.1. The van der Waals surface area contributed by atoms with Crippen LogP contribution in [0.15, 0.2) is 0 Å². The summed E-state index contributed by atoms with van der Waals surface area (Å²) in [7, 11) is 0. The van der Waals surface area contributed by atoms with Crippen LogP contribution in [0.4, 0.5) is 0 Å². The van der Waals surface area contributed by atoms with E-state index in [0.29, 0.717) is 13.1 Å². The lowest BCUT2D eigenvalue weighted by molar-refractivity contribution is -0.162. The summed E-state index contributed by atoms with van der Waals surface area (Å²) >= 11 is 0. The maximum Gasteiger partial charge on any atom is 0.335 e. The number of carboxylic acids is 1. The molecule has 0 heterocycles. The zero-order valence-corrected chi connectivity index (χ0v) is 19.5. The van der Waals surface area contributed by atoms with Crippen LogP contribution in [0.3, 0.4) is 0 Å². The van der Waals surface area contributed by atoms with Crippen LogP contribution < -0.4 is 0 Å². The van der Waals surface area contributed by atoms with Gasteiger partial charge in [0, 0.05) is 13.1 Å². The molecule has 0 aromatic rings. The van der Waals surface area contributed by atoms with Crippen LogP contribution in [-0.2, 0) is 9.59 Å². The number of nitrogens with zero attached hydrogens (tertiary/aromatic N) is 1. The van der Waals surface area contributed by atoms with Gasteiger partial charge in [0.05, 0.1) is 0 Å². The molecule has 0 saturated heterocycles. The Labute approximate surface area is 184 Å². The molecule has 178 valence electrons. The molecule has 0 radical (unpaired) electrons. The normalized spacial score (nSPS) is 13.2. The zero-order valence-electron chi connectivity index (χ0n) is 19.5. The van der Waals surface area contributed by atoms with Crippen LogP contribution in [0.1, 0.15) is 117 Å². The Kier molecular flexibility index (Phi) is 19.0. The SMILES string of the molecule is CCCCCCCCCCN(CCCCCCCCCC)C(=O)C(O)C(O)C(=O)O. The van der Waals surface area contributed by atoms with Crippen molar-refractivity contribution < 1.29 is 24.9 Å². The summed E-state index contributed by atoms with van der Waals surface area (Å²) in [5.41, 5.74) is 0. The second kappa shape index (κ2) is 19.8. The molecule has 6 heteroatoms. The largest absolute Gasteiger partial charge is 0.479 e. The summed E-state index contributed by atoms with van der Waals surface area (Å²) in [5.74, 6) is -2.24. The maximum absolute atomic E-state index is 12.5. The van der Waals surface area contributed by atoms with Crippen molar-refractivity contribution in [1.82, 2.24) is 4.90 Å². The first-order valence-corrected chi connectivity index (χ1v) is 12.3. The molecule has 0 aromatic carbocycles. The number of aliphatic hydroxyl groups excluding tert-OH is 2. The summed E-state index contributed by atoms with van der Waals surface area (Å²) < 4.78 is 0. The van der Waals surface area contributed by atoms with Crippen LogP contribution >= 0.6 is 0 Å². The molecule has 30 heavy (non-hydrogen) atoms. The monoisotopic (exact) mass is 429 g/mol. The van der Waals surface area contributed by atoms with Crippen molar-refractivity contribution in [3.05, 3.63) is 0 Å². The van der Waals surface area contributed by atoms with E-state index in [1.807, 2.05) is 0 Å². The number of unbranched alkanes of at least 4 members (excludes halogenated alkanes) is 14. The Morgan fingerprint density at radius 1 is 0.600 bits per heavy atom. The third-order valence-electron chi connectivity index (χ3n) is 5.68. The number of aliphatic hydroxyl groups is 2. The van der Waals surface area contributed by atoms with Gasteiger partial charge in [-0.1, -0.05) is 104 Å². The van der Waals surface area contributed by atoms with Crippen LogP contribution in [0, 0.1) is 0 Å². The average Bonchev–Trinajstić information content (AvgIpc) is 2.74. The second-order valence-electron chi connectivity index (χ2n) is 8.50. The number of carbonyl (C=O) groups is 2. The Morgan fingerprint density at radius 3 is 1.27 bits per heavy atom. The predicted molar refractivity (Wildman–Crippen MR) is 121 cm³/mol. The minimum absolute atomic E-state index is 0.508. The number of hydrogen-bond acceptors (Lipinski definition) is 4. The average molecular weight is 430 g/mol. The quantitative estimate of drug-likeness (QED) is 0.225. The van der Waals surface area contributed by atoms with Crippen LogP contribution in [0.5, 0.6) is 0 Å². The molecule has 6 nitrogen and oxygen atoms in total. The minimum atomic E-state index is -2.07. The summed E-state index contributed by atoms with van der Waals surface area (Å²) in [6, 6.07) is 0. The van der Waals surface area contributed by atoms with Gasteiger partial charge in [-0.05, 0) is 12.8 Å². The molecule has 0 aromatic heterocycles. The topological polar surface area (TPSA) is 98.1 Å². The van der Waals surface area contributed by atoms with E-state index in [9.17, 15) is 19.8 Å². The smallest absolute Gasteiger partial charge is 0.335 e. The van der Waals surface area contributed by atoms with Gasteiger partial charge in [-0.2, -0.15) is 0 Å². The first kappa shape index (κ1) is 28.9. The van der Waals surface area contributed by atoms with Gasteiger partial charge in [-0.3, -0.25) is 4.79 Å². The minimum Gasteiger partial charge on any atom is -0.479 e. The summed E-state index contributed by atoms with van der Waals surface area (Å²) in [4.78, 5) is 25.0. The van der Waals surface area contributed by atoms with E-state index in [4.69, 9.17) is 5.11 Å². The molecule has 0 spiro atoms. The fraction of sp³-hybridized carbons (Fsp3) is 0.917. The maximum atomic E-state index is 12.5. The molecule has 0 fully saturated rings. The molecule has 0 saturated carbocycles. The van der Waals surface area contributed by atoms with Gasteiger partial charge in [0.1, 0.15) is 0 Å². The first-order chi connectivity index (χ1) is 14.5. The molecular formula is C24H47NO5. The van der Waals surface area contributed by atoms with Crippen molar-refractivity contribution in [2.45, 2.75) is 129 Å². The molecule has 0 aliphatic heterocycles. The Balaban J connectivity index is 4.31. The van der Waals surface area contributed by atoms with Crippen LogP contribution in [-0.4, -0.2) is 57.4 Å². The predicted octanol–water partition coefficient (Wildman–Crippen LogP) is 4.90. The highest BCUT2D eigenvalue weighted by Crippen LogP contribution is 2.12. The number of aliphatic carboxylic acids is 1. The molecule has 0 aliphatic carbocycles. The highest BCUT2D eigenvalue weighted by Gasteiger charge is 2.32. The van der Waals surface area contributed by atoms with E-state index >= 15 is 0 Å². The lowest BCUT2D eigenvalue weighted by Gasteiger charge is -2.26. The third kappa shape index (κ3) is 14.8. The van der Waals surface area contributed by atoms with E-state index in [0.717, 1.165) is 38.5 Å². The molecule has 2 atom stereocenters. The first-order valence-electron chi connectivity index (χ1n) is 12.3. The number of hydrogen-bond donors (Lipinski definition) is 3. The van der Waals surface area contributed by atoms with E-state index < -0.39 is 24.1 Å². The zero-order chi connectivity index (χ0) is 22.6. The highest BCUT2D eigenvalue weighted by molar-refractivity contribution is 5.87. The van der Waals surface area contributed by atoms with Gasteiger partial charge in [0.2, 0.25) is 0 Å². The Morgan fingerprint density at radius 2 is 0.933 bits per heavy atom. The van der Waals surface area contributed by atoms with Crippen molar-refractivity contribution in [1.29, 1.82) is 0 Å². The van der Waals surface area contributed by atoms with Crippen LogP contribution in [0.25, 0.3) is 0 Å². The van der Waals surface area contributed by atoms with E-state index in [2.05, 4.69) is 13.8 Å². The number of carboxylic acid groups (broad SMARTS) is 1. The lowest BCUT2D eigenvalue weighted by Crippen LogP contribution is -2.48. The molecule has 0 aliphatic rings. The summed E-state index contributed by atoms with van der Waals surface area (Å²) in [6.45, 7) is 5.42. The standard InChI is InChI=1S/C24H47NO5/c1-3-5-7-9-11-13-15-17-19-25(23(28)21(26)22(27)24(29)30)20-18-16-14-12-10-8-6-4-2/h21-22,26-27H,3-20H2,1-2H3,(H,29,30). The van der Waals surface area contributed by atoms with Crippen molar-refractivity contribution >= 4 is 11.9 Å². The number of carbonyl (C=O) groups excluding carboxylic acids is 1. The van der Waals surface area contributed by atoms with Gasteiger partial charge in [-0.25, -0.2) is 4.79 Å². The van der Waals surface area contributed by atoms with Crippen molar-refractivity contribution in [3.8, 4) is 0 Å². The van der Waals surface area contributed by atoms with Gasteiger partial charge >= 0.3 is 5.97 Å². The Hall–Kier alpha value is -1.14. The van der Waals surface area contributed by atoms with E-state index in [-0.39, 0.29) is 0 Å². The number of amides is 1.